The van der Waals surface area contributed by atoms with Gasteiger partial charge in [-0.15, -0.1) is 0 Å². The van der Waals surface area contributed by atoms with E-state index in [1.54, 1.807) is 41.8 Å². The van der Waals surface area contributed by atoms with Crippen molar-refractivity contribution >= 4 is 17.1 Å². The number of fused-ring (bicyclic) bond motifs is 1. The number of hydrogen-bond donors (Lipinski definition) is 1. The number of likely N-dealkylation sites (tertiary alicyclic amines) is 1. The summed E-state index contributed by atoms with van der Waals surface area (Å²) in [7, 11) is 0. The Morgan fingerprint density at radius 1 is 1.30 bits per heavy atom. The third-order valence-corrected chi connectivity index (χ3v) is 3.74. The van der Waals surface area contributed by atoms with Crippen LogP contribution in [0.5, 0.6) is 6.01 Å². The van der Waals surface area contributed by atoms with E-state index in [9.17, 15) is 4.79 Å². The molecular weight excluding hydrogens is 296 g/mol. The van der Waals surface area contributed by atoms with E-state index in [2.05, 4.69) is 24.9 Å². The van der Waals surface area contributed by atoms with Crippen molar-refractivity contribution in [1.29, 1.82) is 0 Å². The molecule has 8 nitrogen and oxygen atoms in total. The fourth-order valence-corrected chi connectivity index (χ4v) is 2.59. The fourth-order valence-electron chi connectivity index (χ4n) is 2.59. The topological polar surface area (TPSA) is 96.9 Å². The Morgan fingerprint density at radius 3 is 3.13 bits per heavy atom. The smallest absolute Gasteiger partial charge is 0.318 e. The van der Waals surface area contributed by atoms with Gasteiger partial charge in [-0.05, 0) is 12.1 Å². The van der Waals surface area contributed by atoms with Gasteiger partial charge < -0.3 is 14.6 Å². The maximum absolute atomic E-state index is 12.3. The Labute approximate surface area is 131 Å². The van der Waals surface area contributed by atoms with Crippen LogP contribution in [0.3, 0.4) is 0 Å². The predicted molar refractivity (Wildman–Crippen MR) is 80.9 cm³/mol. The van der Waals surface area contributed by atoms with Crippen LogP contribution in [-0.4, -0.2) is 54.9 Å². The van der Waals surface area contributed by atoms with Crippen molar-refractivity contribution in [2.45, 2.75) is 12.5 Å². The summed E-state index contributed by atoms with van der Waals surface area (Å²) < 4.78 is 5.78. The molecule has 0 saturated carbocycles. The molecule has 1 amide bonds. The minimum absolute atomic E-state index is 0.0830. The standard InChI is InChI=1S/C15H14N6O2/c22-14(11-3-1-2-5-16-11)21-6-4-10(8-21)23-15-17-7-12-13(20-15)19-9-18-12/h1-3,5,7,9-10H,4,6,8H2,(H,17,18,19,20). The van der Waals surface area contributed by atoms with Gasteiger partial charge in [0.15, 0.2) is 5.65 Å². The first kappa shape index (κ1) is 13.6. The van der Waals surface area contributed by atoms with Crippen molar-refractivity contribution in [2.24, 2.45) is 0 Å². The summed E-state index contributed by atoms with van der Waals surface area (Å²) >= 11 is 0. The fraction of sp³-hybridized carbons (Fsp3) is 0.267. The highest BCUT2D eigenvalue weighted by Gasteiger charge is 2.29. The van der Waals surface area contributed by atoms with Gasteiger partial charge in [0.2, 0.25) is 0 Å². The summed E-state index contributed by atoms with van der Waals surface area (Å²) in [5.74, 6) is -0.0830. The maximum atomic E-state index is 12.3. The van der Waals surface area contributed by atoms with Gasteiger partial charge in [0.05, 0.1) is 19.1 Å². The number of nitrogens with zero attached hydrogens (tertiary/aromatic N) is 5. The number of imidazole rings is 1. The van der Waals surface area contributed by atoms with Crippen molar-refractivity contribution in [3.05, 3.63) is 42.6 Å². The molecule has 0 aromatic carbocycles. The number of aromatic nitrogens is 5. The van der Waals surface area contributed by atoms with E-state index in [1.807, 2.05) is 0 Å². The minimum Gasteiger partial charge on any atom is -0.458 e. The monoisotopic (exact) mass is 310 g/mol. The average molecular weight is 310 g/mol. The lowest BCUT2D eigenvalue weighted by atomic mass is 10.3. The number of pyridine rings is 1. The van der Waals surface area contributed by atoms with Crippen molar-refractivity contribution in [3.63, 3.8) is 0 Å². The van der Waals surface area contributed by atoms with Crippen molar-refractivity contribution in [2.75, 3.05) is 13.1 Å². The van der Waals surface area contributed by atoms with Gasteiger partial charge in [0.25, 0.3) is 5.91 Å². The first-order valence-electron chi connectivity index (χ1n) is 7.33. The van der Waals surface area contributed by atoms with Crippen molar-refractivity contribution in [3.8, 4) is 6.01 Å². The van der Waals surface area contributed by atoms with Gasteiger partial charge in [0.1, 0.15) is 17.3 Å². The number of H-pyrrole nitrogens is 1. The number of nitrogens with one attached hydrogen (secondary N) is 1. The number of aromatic amines is 1. The average Bonchev–Trinajstić information content (AvgIpc) is 3.24. The molecule has 1 fully saturated rings. The van der Waals surface area contributed by atoms with Gasteiger partial charge in [-0.3, -0.25) is 9.78 Å². The van der Waals surface area contributed by atoms with Crippen LogP contribution in [0.4, 0.5) is 0 Å². The number of ether oxygens (including phenoxy) is 1. The normalized spacial score (nSPS) is 17.6. The molecular formula is C15H14N6O2. The first-order chi connectivity index (χ1) is 11.3. The summed E-state index contributed by atoms with van der Waals surface area (Å²) in [6.45, 7) is 1.13. The van der Waals surface area contributed by atoms with Crippen LogP contribution in [-0.2, 0) is 0 Å². The van der Waals surface area contributed by atoms with Crippen molar-refractivity contribution in [1.82, 2.24) is 29.8 Å². The largest absolute Gasteiger partial charge is 0.458 e. The van der Waals surface area contributed by atoms with E-state index in [0.29, 0.717) is 24.4 Å². The van der Waals surface area contributed by atoms with Gasteiger partial charge in [-0.25, -0.2) is 9.97 Å². The predicted octanol–water partition coefficient (Wildman–Crippen LogP) is 1.04. The maximum Gasteiger partial charge on any atom is 0.318 e. The van der Waals surface area contributed by atoms with Crippen LogP contribution < -0.4 is 4.74 Å². The van der Waals surface area contributed by atoms with Crippen LogP contribution >= 0.6 is 0 Å². The summed E-state index contributed by atoms with van der Waals surface area (Å²) in [6, 6.07) is 5.58. The Bertz CT molecular complexity index is 834. The molecule has 1 atom stereocenters. The van der Waals surface area contributed by atoms with Gasteiger partial charge in [-0.2, -0.15) is 4.98 Å². The van der Waals surface area contributed by atoms with Gasteiger partial charge in [0, 0.05) is 19.2 Å². The van der Waals surface area contributed by atoms with Crippen molar-refractivity contribution < 1.29 is 9.53 Å². The van der Waals surface area contributed by atoms with E-state index in [1.165, 1.54) is 0 Å². The number of carbonyl (C=O) groups excluding carboxylic acids is 1. The quantitative estimate of drug-likeness (QED) is 0.776. The zero-order valence-corrected chi connectivity index (χ0v) is 12.2. The molecule has 1 saturated heterocycles. The highest BCUT2D eigenvalue weighted by atomic mass is 16.5. The van der Waals surface area contributed by atoms with E-state index < -0.39 is 0 Å². The second kappa shape index (κ2) is 5.64. The summed E-state index contributed by atoms with van der Waals surface area (Å²) in [5.41, 5.74) is 1.77. The minimum atomic E-state index is -0.126. The second-order valence-corrected chi connectivity index (χ2v) is 5.29. The SMILES string of the molecule is O=C(c1ccccn1)N1CCC(Oc2ncc3[nH]cnc3n2)C1. The third kappa shape index (κ3) is 2.70. The Hall–Kier alpha value is -3.03. The van der Waals surface area contributed by atoms with E-state index in [0.717, 1.165) is 11.9 Å². The molecule has 3 aromatic rings. The number of carbonyl (C=O) groups is 1. The summed E-state index contributed by atoms with van der Waals surface area (Å²) in [6.07, 6.45) is 5.42. The third-order valence-electron chi connectivity index (χ3n) is 3.74. The molecule has 0 bridgehead atoms. The van der Waals surface area contributed by atoms with Gasteiger partial charge in [-0.1, -0.05) is 6.07 Å². The van der Waals surface area contributed by atoms with Crippen LogP contribution in [0.15, 0.2) is 36.9 Å². The van der Waals surface area contributed by atoms with Crippen LogP contribution in [0, 0.1) is 0 Å². The molecule has 0 spiro atoms. The van der Waals surface area contributed by atoms with Crippen LogP contribution in [0.25, 0.3) is 11.2 Å². The molecule has 1 unspecified atom stereocenters. The lowest BCUT2D eigenvalue weighted by molar-refractivity contribution is 0.0764. The first-order valence-corrected chi connectivity index (χ1v) is 7.33. The highest BCUT2D eigenvalue weighted by Crippen LogP contribution is 2.18. The molecule has 23 heavy (non-hydrogen) atoms. The molecule has 0 aliphatic carbocycles. The summed E-state index contributed by atoms with van der Waals surface area (Å²) in [4.78, 5) is 33.6. The number of rotatable bonds is 3. The lowest BCUT2D eigenvalue weighted by Crippen LogP contribution is -2.31. The van der Waals surface area contributed by atoms with Crippen LogP contribution in [0.2, 0.25) is 0 Å². The molecule has 1 N–H and O–H groups in total. The molecule has 1 aliphatic heterocycles. The Balaban J connectivity index is 1.43. The number of amides is 1. The molecule has 1 aliphatic rings. The molecule has 4 rings (SSSR count). The lowest BCUT2D eigenvalue weighted by Gasteiger charge is -2.16. The van der Waals surface area contributed by atoms with E-state index in [4.69, 9.17) is 4.74 Å². The second-order valence-electron chi connectivity index (χ2n) is 5.29. The molecule has 8 heteroatoms. The van der Waals surface area contributed by atoms with Gasteiger partial charge >= 0.3 is 6.01 Å². The summed E-state index contributed by atoms with van der Waals surface area (Å²) in [5, 5.41) is 0. The van der Waals surface area contributed by atoms with E-state index in [-0.39, 0.29) is 18.0 Å². The highest BCUT2D eigenvalue weighted by molar-refractivity contribution is 5.92. The van der Waals surface area contributed by atoms with E-state index >= 15 is 0 Å². The Morgan fingerprint density at radius 2 is 2.26 bits per heavy atom. The molecule has 4 heterocycles. The zero-order chi connectivity index (χ0) is 15.6. The Kier molecular flexibility index (Phi) is 3.34. The molecule has 0 radical (unpaired) electrons. The van der Waals surface area contributed by atoms with Crippen LogP contribution in [0.1, 0.15) is 16.9 Å². The number of hydrogen-bond acceptors (Lipinski definition) is 6. The zero-order valence-electron chi connectivity index (χ0n) is 12.2. The molecule has 116 valence electrons. The molecule has 3 aromatic heterocycles.